The van der Waals surface area contributed by atoms with Crippen molar-refractivity contribution in [2.45, 2.75) is 11.6 Å². The third kappa shape index (κ3) is 2.69. The van der Waals surface area contributed by atoms with Gasteiger partial charge in [0, 0.05) is 6.04 Å². The molecule has 0 spiro atoms. The van der Waals surface area contributed by atoms with Crippen molar-refractivity contribution in [2.75, 3.05) is 33.0 Å². The standard InChI is InChI=1S/C9H18N2O5/c10-7-2-16-1-6(7)8(15)11-9(3-12,4-13)5-14/h6-7,12-14H,1-5,10H2,(H,11,15). The van der Waals surface area contributed by atoms with Crippen LogP contribution in [0.3, 0.4) is 0 Å². The van der Waals surface area contributed by atoms with Crippen LogP contribution in [0.1, 0.15) is 0 Å². The molecule has 0 aromatic carbocycles. The van der Waals surface area contributed by atoms with Gasteiger partial charge in [0.15, 0.2) is 0 Å². The molecule has 0 saturated carbocycles. The van der Waals surface area contributed by atoms with Crippen LogP contribution in [0.15, 0.2) is 0 Å². The summed E-state index contributed by atoms with van der Waals surface area (Å²) in [6.07, 6.45) is 0. The molecule has 0 radical (unpaired) electrons. The Bertz CT molecular complexity index is 236. The Balaban J connectivity index is 2.61. The molecule has 1 aliphatic heterocycles. The predicted octanol–water partition coefficient (Wildman–Crippen LogP) is -3.21. The first-order valence-corrected chi connectivity index (χ1v) is 5.06. The van der Waals surface area contributed by atoms with Crippen LogP contribution in [-0.4, -0.2) is 65.8 Å². The van der Waals surface area contributed by atoms with Gasteiger partial charge < -0.3 is 31.1 Å². The average molecular weight is 234 g/mol. The number of aliphatic hydroxyl groups is 3. The number of rotatable bonds is 5. The molecule has 1 rings (SSSR count). The topological polar surface area (TPSA) is 125 Å². The van der Waals surface area contributed by atoms with Gasteiger partial charge in [-0.15, -0.1) is 0 Å². The minimum Gasteiger partial charge on any atom is -0.394 e. The van der Waals surface area contributed by atoms with Crippen molar-refractivity contribution in [1.82, 2.24) is 5.32 Å². The first-order valence-electron chi connectivity index (χ1n) is 5.06. The second kappa shape index (κ2) is 5.55. The van der Waals surface area contributed by atoms with Crippen LogP contribution in [0.4, 0.5) is 0 Å². The van der Waals surface area contributed by atoms with E-state index >= 15 is 0 Å². The number of nitrogens with two attached hydrogens (primary N) is 1. The van der Waals surface area contributed by atoms with E-state index in [0.29, 0.717) is 6.61 Å². The molecule has 1 aliphatic rings. The predicted molar refractivity (Wildman–Crippen MR) is 54.4 cm³/mol. The summed E-state index contributed by atoms with van der Waals surface area (Å²) in [7, 11) is 0. The fourth-order valence-electron chi connectivity index (χ4n) is 1.46. The van der Waals surface area contributed by atoms with Crippen molar-refractivity contribution in [2.24, 2.45) is 11.7 Å². The Morgan fingerprint density at radius 3 is 2.25 bits per heavy atom. The van der Waals surface area contributed by atoms with E-state index in [1.807, 2.05) is 0 Å². The minimum atomic E-state index is -1.40. The summed E-state index contributed by atoms with van der Waals surface area (Å²) < 4.78 is 5.03. The third-order valence-corrected chi connectivity index (χ3v) is 2.76. The third-order valence-electron chi connectivity index (χ3n) is 2.76. The minimum absolute atomic E-state index is 0.214. The lowest BCUT2D eigenvalue weighted by Gasteiger charge is -2.30. The number of ether oxygens (including phenoxy) is 1. The number of amides is 1. The lowest BCUT2D eigenvalue weighted by molar-refractivity contribution is -0.129. The Morgan fingerprint density at radius 1 is 1.31 bits per heavy atom. The summed E-state index contributed by atoms with van der Waals surface area (Å²) >= 11 is 0. The first-order chi connectivity index (χ1) is 7.58. The molecule has 1 heterocycles. The molecule has 0 aromatic heterocycles. The van der Waals surface area contributed by atoms with Gasteiger partial charge in [-0.2, -0.15) is 0 Å². The van der Waals surface area contributed by atoms with Crippen LogP contribution in [-0.2, 0) is 9.53 Å². The van der Waals surface area contributed by atoms with E-state index in [-0.39, 0.29) is 6.61 Å². The number of aliphatic hydroxyl groups excluding tert-OH is 3. The molecule has 7 nitrogen and oxygen atoms in total. The highest BCUT2D eigenvalue weighted by molar-refractivity contribution is 5.80. The van der Waals surface area contributed by atoms with Gasteiger partial charge in [-0.1, -0.05) is 0 Å². The second-order valence-electron chi connectivity index (χ2n) is 4.05. The van der Waals surface area contributed by atoms with E-state index in [2.05, 4.69) is 5.32 Å². The van der Waals surface area contributed by atoms with Crippen molar-refractivity contribution in [3.8, 4) is 0 Å². The van der Waals surface area contributed by atoms with Gasteiger partial charge in [-0.3, -0.25) is 4.79 Å². The Kier molecular flexibility index (Phi) is 4.63. The molecule has 0 aliphatic carbocycles. The molecule has 0 bridgehead atoms. The maximum Gasteiger partial charge on any atom is 0.227 e. The summed E-state index contributed by atoms with van der Waals surface area (Å²) in [5, 5.41) is 29.5. The van der Waals surface area contributed by atoms with Gasteiger partial charge in [0.05, 0.1) is 39.0 Å². The van der Waals surface area contributed by atoms with Gasteiger partial charge in [-0.05, 0) is 0 Å². The number of nitrogens with one attached hydrogen (secondary N) is 1. The van der Waals surface area contributed by atoms with Crippen LogP contribution in [0, 0.1) is 5.92 Å². The molecule has 6 N–H and O–H groups in total. The van der Waals surface area contributed by atoms with Crippen LogP contribution < -0.4 is 11.1 Å². The Labute approximate surface area is 93.2 Å². The number of hydrogen-bond acceptors (Lipinski definition) is 6. The highest BCUT2D eigenvalue weighted by atomic mass is 16.5. The molecule has 2 unspecified atom stereocenters. The fraction of sp³-hybridized carbons (Fsp3) is 0.889. The average Bonchev–Trinajstić information content (AvgIpc) is 2.72. The highest BCUT2D eigenvalue weighted by Crippen LogP contribution is 2.13. The Morgan fingerprint density at radius 2 is 1.88 bits per heavy atom. The molecule has 0 aromatic rings. The van der Waals surface area contributed by atoms with E-state index in [1.54, 1.807) is 0 Å². The van der Waals surface area contributed by atoms with Crippen molar-refractivity contribution < 1.29 is 24.9 Å². The fourth-order valence-corrected chi connectivity index (χ4v) is 1.46. The molecule has 1 fully saturated rings. The smallest absolute Gasteiger partial charge is 0.227 e. The molecular weight excluding hydrogens is 216 g/mol. The van der Waals surface area contributed by atoms with Crippen LogP contribution >= 0.6 is 0 Å². The summed E-state index contributed by atoms with van der Waals surface area (Å²) in [5.74, 6) is -0.939. The molecule has 2 atom stereocenters. The molecule has 94 valence electrons. The number of carbonyl (C=O) groups is 1. The highest BCUT2D eigenvalue weighted by Gasteiger charge is 2.37. The quantitative estimate of drug-likeness (QED) is 0.341. The van der Waals surface area contributed by atoms with Crippen molar-refractivity contribution in [1.29, 1.82) is 0 Å². The zero-order chi connectivity index (χ0) is 12.2. The molecular formula is C9H18N2O5. The second-order valence-corrected chi connectivity index (χ2v) is 4.05. The summed E-state index contributed by atoms with van der Waals surface area (Å²) in [4.78, 5) is 11.7. The monoisotopic (exact) mass is 234 g/mol. The lowest BCUT2D eigenvalue weighted by Crippen LogP contribution is -2.59. The molecule has 1 amide bonds. The maximum absolute atomic E-state index is 11.7. The normalized spacial score (nSPS) is 25.8. The van der Waals surface area contributed by atoms with Crippen molar-refractivity contribution in [3.05, 3.63) is 0 Å². The molecule has 16 heavy (non-hydrogen) atoms. The van der Waals surface area contributed by atoms with Crippen LogP contribution in [0.2, 0.25) is 0 Å². The van der Waals surface area contributed by atoms with Crippen molar-refractivity contribution >= 4 is 5.91 Å². The maximum atomic E-state index is 11.7. The lowest BCUT2D eigenvalue weighted by atomic mass is 9.98. The largest absolute Gasteiger partial charge is 0.394 e. The van der Waals surface area contributed by atoms with Gasteiger partial charge >= 0.3 is 0 Å². The number of hydrogen-bond donors (Lipinski definition) is 5. The van der Waals surface area contributed by atoms with Crippen molar-refractivity contribution in [3.63, 3.8) is 0 Å². The van der Waals surface area contributed by atoms with E-state index in [4.69, 9.17) is 25.8 Å². The Hall–Kier alpha value is -0.730. The zero-order valence-corrected chi connectivity index (χ0v) is 8.93. The van der Waals surface area contributed by atoms with E-state index in [9.17, 15) is 4.79 Å². The van der Waals surface area contributed by atoms with E-state index in [0.717, 1.165) is 0 Å². The molecule has 1 saturated heterocycles. The van der Waals surface area contributed by atoms with Gasteiger partial charge in [-0.25, -0.2) is 0 Å². The van der Waals surface area contributed by atoms with Gasteiger partial charge in [0.1, 0.15) is 5.54 Å². The van der Waals surface area contributed by atoms with Crippen LogP contribution in [0.5, 0.6) is 0 Å². The SMILES string of the molecule is NC1COCC1C(=O)NC(CO)(CO)CO. The van der Waals surface area contributed by atoms with E-state index < -0.39 is 43.2 Å². The van der Waals surface area contributed by atoms with E-state index in [1.165, 1.54) is 0 Å². The first kappa shape index (κ1) is 13.3. The summed E-state index contributed by atoms with van der Waals surface area (Å²) in [5.41, 5.74) is 4.25. The van der Waals surface area contributed by atoms with Gasteiger partial charge in [0.2, 0.25) is 5.91 Å². The summed E-state index contributed by atoms with van der Waals surface area (Å²) in [6, 6.07) is -0.395. The summed E-state index contributed by atoms with van der Waals surface area (Å²) in [6.45, 7) is -1.12. The van der Waals surface area contributed by atoms with Crippen LogP contribution in [0.25, 0.3) is 0 Å². The van der Waals surface area contributed by atoms with Gasteiger partial charge in [0.25, 0.3) is 0 Å². The zero-order valence-electron chi connectivity index (χ0n) is 8.93. The molecule has 7 heteroatoms. The number of carbonyl (C=O) groups excluding carboxylic acids is 1.